The molecule has 1 fully saturated rings. The number of benzene rings is 2. The Morgan fingerprint density at radius 1 is 1.06 bits per heavy atom. The fourth-order valence-corrected chi connectivity index (χ4v) is 4.93. The van der Waals surface area contributed by atoms with E-state index in [0.717, 1.165) is 6.42 Å². The Labute approximate surface area is 188 Å². The van der Waals surface area contributed by atoms with E-state index in [0.29, 0.717) is 36.3 Å². The molecule has 1 heterocycles. The minimum atomic E-state index is -1.63. The second-order valence-corrected chi connectivity index (χ2v) is 8.31. The number of carboxylic acids is 1. The zero-order valence-corrected chi connectivity index (χ0v) is 17.9. The van der Waals surface area contributed by atoms with Gasteiger partial charge in [0.15, 0.2) is 17.5 Å². The minimum Gasteiger partial charge on any atom is -0.481 e. The average molecular weight is 460 g/mol. The fraction of sp³-hybridized carbons (Fsp3) is 0.375. The van der Waals surface area contributed by atoms with Gasteiger partial charge in [0, 0.05) is 36.2 Å². The van der Waals surface area contributed by atoms with E-state index in [-0.39, 0.29) is 42.3 Å². The van der Waals surface area contributed by atoms with Crippen molar-refractivity contribution in [3.63, 3.8) is 0 Å². The molecule has 6 nitrogen and oxygen atoms in total. The van der Waals surface area contributed by atoms with E-state index >= 15 is 0 Å². The van der Waals surface area contributed by atoms with Gasteiger partial charge in [0.2, 0.25) is 5.91 Å². The van der Waals surface area contributed by atoms with Crippen LogP contribution in [0.5, 0.6) is 0 Å². The summed E-state index contributed by atoms with van der Waals surface area (Å²) in [5.74, 6) is -6.61. The van der Waals surface area contributed by atoms with Crippen LogP contribution in [-0.2, 0) is 9.59 Å². The first-order chi connectivity index (χ1) is 15.7. The Morgan fingerprint density at radius 2 is 1.73 bits per heavy atom. The molecule has 1 N–H and O–H groups in total. The van der Waals surface area contributed by atoms with Gasteiger partial charge in [-0.1, -0.05) is 18.2 Å². The molecule has 2 aliphatic rings. The lowest BCUT2D eigenvalue weighted by molar-refractivity contribution is -0.142. The maximum absolute atomic E-state index is 13.8. The summed E-state index contributed by atoms with van der Waals surface area (Å²) in [6, 6.07) is 7.73. The summed E-state index contributed by atoms with van der Waals surface area (Å²) < 4.78 is 41.0. The zero-order valence-electron chi connectivity index (χ0n) is 17.9. The number of rotatable bonds is 6. The van der Waals surface area contributed by atoms with Crippen LogP contribution >= 0.6 is 0 Å². The summed E-state index contributed by atoms with van der Waals surface area (Å²) >= 11 is 0. The van der Waals surface area contributed by atoms with Gasteiger partial charge in [0.25, 0.3) is 5.91 Å². The normalized spacial score (nSPS) is 21.0. The summed E-state index contributed by atoms with van der Waals surface area (Å²) in [4.78, 5) is 40.3. The van der Waals surface area contributed by atoms with Crippen molar-refractivity contribution < 1.29 is 32.7 Å². The summed E-state index contributed by atoms with van der Waals surface area (Å²) in [6.45, 7) is 2.18. The predicted octanol–water partition coefficient (Wildman–Crippen LogP) is 4.30. The fourth-order valence-electron chi connectivity index (χ4n) is 4.93. The second kappa shape index (κ2) is 8.88. The van der Waals surface area contributed by atoms with Crippen LogP contribution in [0.2, 0.25) is 0 Å². The zero-order chi connectivity index (χ0) is 23.9. The Bertz CT molecular complexity index is 1100. The summed E-state index contributed by atoms with van der Waals surface area (Å²) in [6.07, 6.45) is 0.955. The van der Waals surface area contributed by atoms with Crippen LogP contribution in [0.25, 0.3) is 0 Å². The van der Waals surface area contributed by atoms with E-state index in [2.05, 4.69) is 0 Å². The highest BCUT2D eigenvalue weighted by Gasteiger charge is 2.51. The number of aliphatic carboxylic acids is 1. The van der Waals surface area contributed by atoms with Gasteiger partial charge in [0.1, 0.15) is 0 Å². The highest BCUT2D eigenvalue weighted by atomic mass is 19.2. The number of hydrogen-bond donors (Lipinski definition) is 1. The van der Waals surface area contributed by atoms with Crippen molar-refractivity contribution in [1.82, 2.24) is 4.90 Å². The minimum absolute atomic E-state index is 0.118. The molecule has 0 saturated heterocycles. The Hall–Kier alpha value is -3.36. The van der Waals surface area contributed by atoms with Crippen LogP contribution in [0.15, 0.2) is 36.4 Å². The van der Waals surface area contributed by atoms with Crippen molar-refractivity contribution in [3.05, 3.63) is 65.0 Å². The molecule has 33 heavy (non-hydrogen) atoms. The van der Waals surface area contributed by atoms with Gasteiger partial charge in [-0.2, -0.15) is 0 Å². The van der Waals surface area contributed by atoms with Crippen molar-refractivity contribution in [2.24, 2.45) is 5.92 Å². The Balaban J connectivity index is 1.73. The molecule has 3 atom stereocenters. The molecule has 1 saturated carbocycles. The van der Waals surface area contributed by atoms with Crippen molar-refractivity contribution in [3.8, 4) is 0 Å². The van der Waals surface area contributed by atoms with Crippen LogP contribution in [0.1, 0.15) is 54.6 Å². The van der Waals surface area contributed by atoms with Crippen LogP contribution in [0.3, 0.4) is 0 Å². The van der Waals surface area contributed by atoms with Gasteiger partial charge in [-0.05, 0) is 43.5 Å². The van der Waals surface area contributed by atoms with Gasteiger partial charge < -0.3 is 14.9 Å². The average Bonchev–Trinajstić information content (AvgIpc) is 2.77. The lowest BCUT2D eigenvalue weighted by Crippen LogP contribution is -2.58. The number of anilines is 1. The lowest BCUT2D eigenvalue weighted by atomic mass is 9.67. The maximum Gasteiger partial charge on any atom is 0.303 e. The SMILES string of the molecule is CCN(C(=O)CCC(=O)O)C1c2ccccc2N(C(=O)c2cc(F)c(F)c(F)c2)C2CCC12. The standard InChI is InChI=1S/C24H23F3N2O4/c1-2-28(20(30)9-10-21(31)32)23-14-5-3-4-6-18(14)29(19-8-7-15(19)23)24(33)13-11-16(25)22(27)17(26)12-13/h3-6,11-12,15,19,23H,2,7-10H2,1H3,(H,31,32). The molecule has 0 aromatic heterocycles. The molecule has 4 rings (SSSR count). The van der Waals surface area contributed by atoms with Crippen molar-refractivity contribution in [2.75, 3.05) is 11.4 Å². The van der Waals surface area contributed by atoms with E-state index < -0.39 is 29.3 Å². The number of halogens is 3. The molecular formula is C24H23F3N2O4. The summed E-state index contributed by atoms with van der Waals surface area (Å²) in [7, 11) is 0. The number of hydrogen-bond acceptors (Lipinski definition) is 3. The number of carboxylic acid groups (broad SMARTS) is 1. The van der Waals surface area contributed by atoms with E-state index in [1.54, 1.807) is 29.2 Å². The van der Waals surface area contributed by atoms with Crippen LogP contribution in [0.4, 0.5) is 18.9 Å². The van der Waals surface area contributed by atoms with E-state index in [1.165, 1.54) is 4.90 Å². The second-order valence-electron chi connectivity index (χ2n) is 8.31. The van der Waals surface area contributed by atoms with Crippen molar-refractivity contribution in [2.45, 2.75) is 44.7 Å². The maximum atomic E-state index is 13.8. The smallest absolute Gasteiger partial charge is 0.303 e. The van der Waals surface area contributed by atoms with E-state index in [9.17, 15) is 27.6 Å². The Kier molecular flexibility index (Phi) is 6.14. The molecule has 2 aromatic rings. The highest BCUT2D eigenvalue weighted by Crippen LogP contribution is 2.52. The largest absolute Gasteiger partial charge is 0.481 e. The first-order valence-corrected chi connectivity index (χ1v) is 10.8. The molecule has 1 aliphatic heterocycles. The third kappa shape index (κ3) is 3.96. The van der Waals surface area contributed by atoms with Crippen molar-refractivity contribution in [1.29, 1.82) is 0 Å². The van der Waals surface area contributed by atoms with E-state index in [4.69, 9.17) is 5.11 Å². The van der Waals surface area contributed by atoms with Gasteiger partial charge in [-0.15, -0.1) is 0 Å². The quantitative estimate of drug-likeness (QED) is 0.653. The molecule has 0 radical (unpaired) electrons. The third-order valence-corrected chi connectivity index (χ3v) is 6.54. The molecule has 0 bridgehead atoms. The number of amides is 2. The number of fused-ring (bicyclic) bond motifs is 2. The van der Waals surface area contributed by atoms with Crippen LogP contribution in [-0.4, -0.2) is 40.4 Å². The first kappa shape index (κ1) is 22.8. The van der Waals surface area contributed by atoms with Gasteiger partial charge in [-0.3, -0.25) is 14.4 Å². The van der Waals surface area contributed by atoms with Gasteiger partial charge in [0.05, 0.1) is 12.5 Å². The monoisotopic (exact) mass is 460 g/mol. The predicted molar refractivity (Wildman–Crippen MR) is 113 cm³/mol. The Morgan fingerprint density at radius 3 is 2.30 bits per heavy atom. The van der Waals surface area contributed by atoms with Gasteiger partial charge >= 0.3 is 5.97 Å². The summed E-state index contributed by atoms with van der Waals surface area (Å²) in [5.41, 5.74) is 0.929. The van der Waals surface area contributed by atoms with Gasteiger partial charge in [-0.25, -0.2) is 13.2 Å². The molecule has 9 heteroatoms. The number of nitrogens with zero attached hydrogens (tertiary/aromatic N) is 2. The molecule has 1 aliphatic carbocycles. The molecule has 0 spiro atoms. The van der Waals surface area contributed by atoms with E-state index in [1.807, 2.05) is 6.92 Å². The number of carbonyl (C=O) groups excluding carboxylic acids is 2. The molecule has 2 amide bonds. The van der Waals surface area contributed by atoms with Crippen LogP contribution in [0, 0.1) is 23.4 Å². The van der Waals surface area contributed by atoms with Crippen LogP contribution < -0.4 is 4.90 Å². The highest BCUT2D eigenvalue weighted by molar-refractivity contribution is 6.07. The van der Waals surface area contributed by atoms with Crippen molar-refractivity contribution >= 4 is 23.5 Å². The topological polar surface area (TPSA) is 77.9 Å². The number of carbonyl (C=O) groups is 3. The summed E-state index contributed by atoms with van der Waals surface area (Å²) in [5, 5.41) is 8.96. The molecule has 3 unspecified atom stereocenters. The molecule has 2 aromatic carbocycles. The number of para-hydroxylation sites is 1. The first-order valence-electron chi connectivity index (χ1n) is 10.8. The molecule has 174 valence electrons. The lowest BCUT2D eigenvalue weighted by Gasteiger charge is -2.55. The third-order valence-electron chi connectivity index (χ3n) is 6.54. The molecular weight excluding hydrogens is 437 g/mol.